The summed E-state index contributed by atoms with van der Waals surface area (Å²) >= 11 is 0. The Bertz CT molecular complexity index is 582. The van der Waals surface area contributed by atoms with Crippen molar-refractivity contribution in [1.82, 2.24) is 5.32 Å². The third-order valence-corrected chi connectivity index (χ3v) is 5.05. The van der Waals surface area contributed by atoms with E-state index in [4.69, 9.17) is 10.00 Å². The number of hydrogen-bond donors (Lipinski definition) is 1. The number of piperidine rings is 1. The summed E-state index contributed by atoms with van der Waals surface area (Å²) < 4.78 is 5.01. The second-order valence-corrected chi connectivity index (χ2v) is 6.54. The molecule has 1 aromatic carbocycles. The number of carbonyl (C=O) groups excluding carboxylic acids is 1. The number of nitriles is 1. The molecule has 1 saturated heterocycles. The number of hydrogen-bond acceptors (Lipinski definition) is 4. The fourth-order valence-electron chi connectivity index (χ4n) is 3.87. The lowest BCUT2D eigenvalue weighted by Crippen LogP contribution is -2.46. The molecule has 3 rings (SSSR count). The average molecular weight is 298 g/mol. The summed E-state index contributed by atoms with van der Waals surface area (Å²) in [6.07, 6.45) is 4.34. The zero-order valence-corrected chi connectivity index (χ0v) is 13.0. The molecule has 0 aromatic heterocycles. The summed E-state index contributed by atoms with van der Waals surface area (Å²) in [4.78, 5) is 11.7. The van der Waals surface area contributed by atoms with Crippen LogP contribution in [-0.4, -0.2) is 19.1 Å². The van der Waals surface area contributed by atoms with Gasteiger partial charge in [-0.1, -0.05) is 12.1 Å². The van der Waals surface area contributed by atoms with Gasteiger partial charge in [-0.3, -0.25) is 0 Å². The highest BCUT2D eigenvalue weighted by Crippen LogP contribution is 2.54. The molecule has 22 heavy (non-hydrogen) atoms. The molecule has 0 bridgehead atoms. The van der Waals surface area contributed by atoms with E-state index in [1.165, 1.54) is 12.0 Å². The first-order valence-corrected chi connectivity index (χ1v) is 8.06. The van der Waals surface area contributed by atoms with Gasteiger partial charge in [0, 0.05) is 12.0 Å². The molecular weight excluding hydrogens is 276 g/mol. The average Bonchev–Trinajstić information content (AvgIpc) is 2.53. The number of esters is 1. The van der Waals surface area contributed by atoms with E-state index in [-0.39, 0.29) is 11.9 Å². The maximum absolute atomic E-state index is 11.7. The molecule has 0 radical (unpaired) electrons. The van der Waals surface area contributed by atoms with Gasteiger partial charge in [0.15, 0.2) is 0 Å². The summed E-state index contributed by atoms with van der Waals surface area (Å²) in [5.41, 5.74) is 2.17. The molecule has 4 heteroatoms. The van der Waals surface area contributed by atoms with Gasteiger partial charge in [0.1, 0.15) is 0 Å². The monoisotopic (exact) mass is 298 g/mol. The van der Waals surface area contributed by atoms with Gasteiger partial charge in [-0.25, -0.2) is 4.79 Å². The van der Waals surface area contributed by atoms with Crippen molar-refractivity contribution >= 4 is 5.97 Å². The van der Waals surface area contributed by atoms with Crippen molar-refractivity contribution in [3.8, 4) is 6.07 Å². The molecule has 1 atom stereocenters. The standard InChI is InChI=1S/C18H22N2O2/c1-2-22-17(21)15-5-3-14(4-6-15)16-11-18(7-8-20-16)9-13(10-18)12-19/h3-6,13,16,20H,2,7-11H2,1H3. The predicted octanol–water partition coefficient (Wildman–Crippen LogP) is 3.21. The first-order chi connectivity index (χ1) is 10.7. The molecule has 1 aromatic rings. The topological polar surface area (TPSA) is 62.1 Å². The first-order valence-electron chi connectivity index (χ1n) is 8.06. The van der Waals surface area contributed by atoms with Gasteiger partial charge in [-0.15, -0.1) is 0 Å². The van der Waals surface area contributed by atoms with E-state index >= 15 is 0 Å². The van der Waals surface area contributed by atoms with Crippen molar-refractivity contribution in [2.24, 2.45) is 11.3 Å². The number of rotatable bonds is 3. The number of benzene rings is 1. The van der Waals surface area contributed by atoms with Gasteiger partial charge < -0.3 is 10.1 Å². The minimum Gasteiger partial charge on any atom is -0.462 e. The largest absolute Gasteiger partial charge is 0.462 e. The lowest BCUT2D eigenvalue weighted by molar-refractivity contribution is 0.0299. The number of nitrogens with one attached hydrogen (secondary N) is 1. The van der Waals surface area contributed by atoms with Crippen LogP contribution in [0, 0.1) is 22.7 Å². The molecule has 4 nitrogen and oxygen atoms in total. The Hall–Kier alpha value is -1.86. The van der Waals surface area contributed by atoms with Crippen LogP contribution in [0.1, 0.15) is 54.6 Å². The SMILES string of the molecule is CCOC(=O)c1ccc(C2CC3(CCN2)CC(C#N)C3)cc1. The van der Waals surface area contributed by atoms with Gasteiger partial charge in [0.25, 0.3) is 0 Å². The van der Waals surface area contributed by atoms with Crippen molar-refractivity contribution in [2.45, 2.75) is 38.6 Å². The van der Waals surface area contributed by atoms with E-state index in [1.54, 1.807) is 0 Å². The summed E-state index contributed by atoms with van der Waals surface area (Å²) in [5, 5.41) is 12.6. The van der Waals surface area contributed by atoms with Crippen LogP contribution >= 0.6 is 0 Å². The Morgan fingerprint density at radius 2 is 2.09 bits per heavy atom. The van der Waals surface area contributed by atoms with Crippen molar-refractivity contribution < 1.29 is 9.53 Å². The van der Waals surface area contributed by atoms with Gasteiger partial charge in [0.2, 0.25) is 0 Å². The van der Waals surface area contributed by atoms with Crippen molar-refractivity contribution in [3.05, 3.63) is 35.4 Å². The van der Waals surface area contributed by atoms with E-state index in [1.807, 2.05) is 31.2 Å². The number of ether oxygens (including phenoxy) is 1. The van der Waals surface area contributed by atoms with E-state index in [0.29, 0.717) is 23.6 Å². The van der Waals surface area contributed by atoms with Gasteiger partial charge in [0.05, 0.1) is 18.2 Å². The molecule has 2 fully saturated rings. The third-order valence-electron chi connectivity index (χ3n) is 5.05. The second kappa shape index (κ2) is 6.10. The van der Waals surface area contributed by atoms with E-state index in [0.717, 1.165) is 25.8 Å². The number of nitrogens with zero attached hydrogens (tertiary/aromatic N) is 1. The zero-order chi connectivity index (χ0) is 15.6. The maximum Gasteiger partial charge on any atom is 0.338 e. The summed E-state index contributed by atoms with van der Waals surface area (Å²) in [7, 11) is 0. The zero-order valence-electron chi connectivity index (χ0n) is 13.0. The van der Waals surface area contributed by atoms with Crippen LogP contribution in [0.3, 0.4) is 0 Å². The molecule has 2 aliphatic rings. The highest BCUT2D eigenvalue weighted by Gasteiger charge is 2.47. The van der Waals surface area contributed by atoms with E-state index in [9.17, 15) is 4.79 Å². The van der Waals surface area contributed by atoms with Crippen LogP contribution < -0.4 is 5.32 Å². The highest BCUT2D eigenvalue weighted by molar-refractivity contribution is 5.89. The Morgan fingerprint density at radius 1 is 1.36 bits per heavy atom. The summed E-state index contributed by atoms with van der Waals surface area (Å²) in [6, 6.07) is 10.4. The van der Waals surface area contributed by atoms with Crippen LogP contribution in [0.2, 0.25) is 0 Å². The Morgan fingerprint density at radius 3 is 2.73 bits per heavy atom. The Labute approximate surface area is 131 Å². The van der Waals surface area contributed by atoms with Gasteiger partial charge >= 0.3 is 5.97 Å². The lowest BCUT2D eigenvalue weighted by atomic mass is 9.56. The third kappa shape index (κ3) is 2.86. The van der Waals surface area contributed by atoms with Crippen LogP contribution in [-0.2, 0) is 4.74 Å². The maximum atomic E-state index is 11.7. The Balaban J connectivity index is 1.67. The molecular formula is C18H22N2O2. The summed E-state index contributed by atoms with van der Waals surface area (Å²) in [5.74, 6) is -0.0112. The molecule has 116 valence electrons. The molecule has 1 aliphatic heterocycles. The fourth-order valence-corrected chi connectivity index (χ4v) is 3.87. The quantitative estimate of drug-likeness (QED) is 0.870. The molecule has 1 N–H and O–H groups in total. The fraction of sp³-hybridized carbons (Fsp3) is 0.556. The van der Waals surface area contributed by atoms with E-state index in [2.05, 4.69) is 11.4 Å². The highest BCUT2D eigenvalue weighted by atomic mass is 16.5. The Kier molecular flexibility index (Phi) is 4.17. The van der Waals surface area contributed by atoms with Crippen molar-refractivity contribution in [1.29, 1.82) is 5.26 Å². The minimum atomic E-state index is -0.266. The van der Waals surface area contributed by atoms with Gasteiger partial charge in [-0.05, 0) is 62.3 Å². The molecule has 1 unspecified atom stereocenters. The second-order valence-electron chi connectivity index (χ2n) is 6.54. The minimum absolute atomic E-state index is 0.255. The lowest BCUT2D eigenvalue weighted by Gasteiger charge is -2.50. The molecule has 1 heterocycles. The van der Waals surface area contributed by atoms with Crippen LogP contribution in [0.5, 0.6) is 0 Å². The van der Waals surface area contributed by atoms with Crippen LogP contribution in [0.25, 0.3) is 0 Å². The smallest absolute Gasteiger partial charge is 0.338 e. The number of carbonyl (C=O) groups is 1. The molecule has 0 amide bonds. The normalized spacial score (nSPS) is 30.4. The predicted molar refractivity (Wildman–Crippen MR) is 83.1 cm³/mol. The molecule has 1 aliphatic carbocycles. The molecule has 1 saturated carbocycles. The van der Waals surface area contributed by atoms with Crippen LogP contribution in [0.15, 0.2) is 24.3 Å². The van der Waals surface area contributed by atoms with Crippen molar-refractivity contribution in [3.63, 3.8) is 0 Å². The van der Waals surface area contributed by atoms with Crippen LogP contribution in [0.4, 0.5) is 0 Å². The summed E-state index contributed by atoms with van der Waals surface area (Å²) in [6.45, 7) is 3.21. The van der Waals surface area contributed by atoms with E-state index < -0.39 is 0 Å². The van der Waals surface area contributed by atoms with Gasteiger partial charge in [-0.2, -0.15) is 5.26 Å². The first kappa shape index (κ1) is 15.1. The molecule has 1 spiro atoms. The van der Waals surface area contributed by atoms with Crippen molar-refractivity contribution in [2.75, 3.05) is 13.2 Å².